The van der Waals surface area contributed by atoms with E-state index in [-0.39, 0.29) is 6.04 Å². The molecule has 0 saturated heterocycles. The lowest BCUT2D eigenvalue weighted by molar-refractivity contribution is -0.0178. The Morgan fingerprint density at radius 3 is 2.95 bits per heavy atom. The van der Waals surface area contributed by atoms with E-state index in [1.54, 1.807) is 19.6 Å². The second kappa shape index (κ2) is 5.34. The molecule has 0 radical (unpaired) electrons. The molecule has 7 heteroatoms. The Balaban J connectivity index is 1.76. The monoisotopic (exact) mass is 277 g/mol. The molecule has 1 fully saturated rings. The molecule has 0 aromatic carbocycles. The van der Waals surface area contributed by atoms with E-state index in [9.17, 15) is 0 Å². The van der Waals surface area contributed by atoms with Crippen LogP contribution in [0.1, 0.15) is 49.1 Å². The molecule has 0 amide bonds. The zero-order valence-corrected chi connectivity index (χ0v) is 11.5. The topological polar surface area (TPSA) is 103 Å². The highest BCUT2D eigenvalue weighted by Gasteiger charge is 2.40. The summed E-state index contributed by atoms with van der Waals surface area (Å²) in [5, 5.41) is 4.07. The maximum atomic E-state index is 6.10. The molecular weight excluding hydrogens is 258 g/mol. The molecule has 20 heavy (non-hydrogen) atoms. The fraction of sp³-hybridized carbons (Fsp3) is 0.615. The zero-order chi connectivity index (χ0) is 14.0. The van der Waals surface area contributed by atoms with E-state index < -0.39 is 5.60 Å². The molecule has 0 spiro atoms. The molecule has 1 saturated carbocycles. The highest BCUT2D eigenvalue weighted by Crippen LogP contribution is 2.40. The average Bonchev–Trinajstić information content (AvgIpc) is 3.20. The standard InChI is InChI=1S/C13H19N5O2/c1-19-13(4-2-3-5-13)12-17-11(20-18-12)10(14)6-9-7-15-8-16-9/h7-8,10H,2-6,14H2,1H3,(H,15,16)/t10-/m1/s1. The van der Waals surface area contributed by atoms with Crippen molar-refractivity contribution in [3.63, 3.8) is 0 Å². The molecule has 1 aliphatic rings. The Morgan fingerprint density at radius 1 is 1.50 bits per heavy atom. The molecule has 0 unspecified atom stereocenters. The first-order chi connectivity index (χ1) is 9.73. The molecule has 2 aromatic heterocycles. The minimum absolute atomic E-state index is 0.341. The predicted octanol–water partition coefficient (Wildman–Crippen LogP) is 1.45. The summed E-state index contributed by atoms with van der Waals surface area (Å²) < 4.78 is 11.0. The van der Waals surface area contributed by atoms with Gasteiger partial charge in [-0.2, -0.15) is 4.98 Å². The minimum atomic E-state index is -0.393. The Bertz CT molecular complexity index is 545. The summed E-state index contributed by atoms with van der Waals surface area (Å²) in [6.45, 7) is 0. The van der Waals surface area contributed by atoms with Crippen molar-refractivity contribution >= 4 is 0 Å². The van der Waals surface area contributed by atoms with Gasteiger partial charge >= 0.3 is 0 Å². The first-order valence-electron chi connectivity index (χ1n) is 6.85. The number of aromatic nitrogens is 4. The lowest BCUT2D eigenvalue weighted by Crippen LogP contribution is -2.26. The van der Waals surface area contributed by atoms with Gasteiger partial charge in [-0.1, -0.05) is 5.16 Å². The van der Waals surface area contributed by atoms with Crippen LogP contribution in [0.25, 0.3) is 0 Å². The maximum absolute atomic E-state index is 6.10. The van der Waals surface area contributed by atoms with Gasteiger partial charge in [-0.05, 0) is 25.7 Å². The van der Waals surface area contributed by atoms with Gasteiger partial charge in [0.2, 0.25) is 11.7 Å². The lowest BCUT2D eigenvalue weighted by Gasteiger charge is -2.22. The molecule has 0 bridgehead atoms. The van der Waals surface area contributed by atoms with Crippen molar-refractivity contribution < 1.29 is 9.26 Å². The second-order valence-corrected chi connectivity index (χ2v) is 5.25. The van der Waals surface area contributed by atoms with Gasteiger partial charge in [0.1, 0.15) is 5.60 Å². The van der Waals surface area contributed by atoms with Crippen LogP contribution in [0.2, 0.25) is 0 Å². The van der Waals surface area contributed by atoms with Crippen molar-refractivity contribution in [3.05, 3.63) is 29.9 Å². The van der Waals surface area contributed by atoms with Gasteiger partial charge in [0, 0.05) is 25.4 Å². The van der Waals surface area contributed by atoms with Crippen molar-refractivity contribution in [3.8, 4) is 0 Å². The number of imidazole rings is 1. The molecule has 3 rings (SSSR count). The van der Waals surface area contributed by atoms with Crippen molar-refractivity contribution in [2.45, 2.75) is 43.7 Å². The number of H-pyrrole nitrogens is 1. The summed E-state index contributed by atoms with van der Waals surface area (Å²) in [5.74, 6) is 1.06. The highest BCUT2D eigenvalue weighted by atomic mass is 16.5. The van der Waals surface area contributed by atoms with Crippen molar-refractivity contribution in [1.29, 1.82) is 0 Å². The van der Waals surface area contributed by atoms with E-state index in [4.69, 9.17) is 15.0 Å². The number of hydrogen-bond acceptors (Lipinski definition) is 6. The largest absolute Gasteiger partial charge is 0.370 e. The molecule has 1 atom stereocenters. The van der Waals surface area contributed by atoms with Gasteiger partial charge in [-0.25, -0.2) is 4.98 Å². The number of aromatic amines is 1. The lowest BCUT2D eigenvalue weighted by atomic mass is 10.0. The number of ether oxygens (including phenoxy) is 1. The molecule has 1 aliphatic carbocycles. The van der Waals surface area contributed by atoms with Crippen LogP contribution in [-0.4, -0.2) is 27.2 Å². The molecule has 2 aromatic rings. The Morgan fingerprint density at radius 2 is 2.30 bits per heavy atom. The summed E-state index contributed by atoms with van der Waals surface area (Å²) >= 11 is 0. The van der Waals surface area contributed by atoms with E-state index >= 15 is 0 Å². The van der Waals surface area contributed by atoms with Crippen LogP contribution < -0.4 is 5.73 Å². The maximum Gasteiger partial charge on any atom is 0.244 e. The quantitative estimate of drug-likeness (QED) is 0.857. The number of methoxy groups -OCH3 is 1. The van der Waals surface area contributed by atoms with Crippen LogP contribution >= 0.6 is 0 Å². The number of rotatable bonds is 5. The first kappa shape index (κ1) is 13.3. The SMILES string of the molecule is COC1(c2noc([C@H](N)Cc3cnc[nH]3)n2)CCCC1. The van der Waals surface area contributed by atoms with Crippen molar-refractivity contribution in [2.24, 2.45) is 5.73 Å². The van der Waals surface area contributed by atoms with E-state index in [1.165, 1.54) is 0 Å². The Hall–Kier alpha value is -1.73. The van der Waals surface area contributed by atoms with Crippen LogP contribution in [0.4, 0.5) is 0 Å². The summed E-state index contributed by atoms with van der Waals surface area (Å²) in [7, 11) is 1.70. The third kappa shape index (κ3) is 2.34. The average molecular weight is 277 g/mol. The fourth-order valence-electron chi connectivity index (χ4n) is 2.76. The van der Waals surface area contributed by atoms with Gasteiger partial charge in [0.05, 0.1) is 12.4 Å². The second-order valence-electron chi connectivity index (χ2n) is 5.25. The molecule has 3 N–H and O–H groups in total. The smallest absolute Gasteiger partial charge is 0.244 e. The molecule has 7 nitrogen and oxygen atoms in total. The fourth-order valence-corrected chi connectivity index (χ4v) is 2.76. The van der Waals surface area contributed by atoms with Crippen LogP contribution in [0.15, 0.2) is 17.0 Å². The van der Waals surface area contributed by atoms with Crippen LogP contribution in [0.5, 0.6) is 0 Å². The highest BCUT2D eigenvalue weighted by molar-refractivity contribution is 5.07. The summed E-state index contributed by atoms with van der Waals surface area (Å²) in [6, 6.07) is -0.341. The van der Waals surface area contributed by atoms with Gasteiger partial charge in [0.25, 0.3) is 0 Å². The normalized spacial score (nSPS) is 19.3. The van der Waals surface area contributed by atoms with Crippen molar-refractivity contribution in [1.82, 2.24) is 20.1 Å². The Labute approximate surface area is 116 Å². The van der Waals surface area contributed by atoms with Crippen LogP contribution in [0.3, 0.4) is 0 Å². The van der Waals surface area contributed by atoms with E-state index in [0.717, 1.165) is 31.4 Å². The third-order valence-electron chi connectivity index (χ3n) is 3.96. The number of nitrogens with zero attached hydrogens (tertiary/aromatic N) is 3. The summed E-state index contributed by atoms with van der Waals surface area (Å²) in [6.07, 6.45) is 8.05. The summed E-state index contributed by atoms with van der Waals surface area (Å²) in [5.41, 5.74) is 6.65. The third-order valence-corrected chi connectivity index (χ3v) is 3.96. The summed E-state index contributed by atoms with van der Waals surface area (Å²) in [4.78, 5) is 11.4. The number of nitrogens with two attached hydrogens (primary N) is 1. The van der Waals surface area contributed by atoms with E-state index in [2.05, 4.69) is 20.1 Å². The molecular formula is C13H19N5O2. The first-order valence-corrected chi connectivity index (χ1v) is 6.85. The molecule has 2 heterocycles. The van der Waals surface area contributed by atoms with Gasteiger partial charge in [0.15, 0.2) is 0 Å². The Kier molecular flexibility index (Phi) is 3.54. The van der Waals surface area contributed by atoms with Gasteiger partial charge < -0.3 is 20.0 Å². The molecule has 0 aliphatic heterocycles. The van der Waals surface area contributed by atoms with Crippen LogP contribution in [-0.2, 0) is 16.8 Å². The van der Waals surface area contributed by atoms with Crippen molar-refractivity contribution in [2.75, 3.05) is 7.11 Å². The van der Waals surface area contributed by atoms with Gasteiger partial charge in [-0.15, -0.1) is 0 Å². The minimum Gasteiger partial charge on any atom is -0.370 e. The number of nitrogens with one attached hydrogen (secondary N) is 1. The zero-order valence-electron chi connectivity index (χ0n) is 11.5. The van der Waals surface area contributed by atoms with Crippen LogP contribution in [0, 0.1) is 0 Å². The van der Waals surface area contributed by atoms with E-state index in [1.807, 2.05) is 0 Å². The van der Waals surface area contributed by atoms with Gasteiger partial charge in [-0.3, -0.25) is 0 Å². The van der Waals surface area contributed by atoms with E-state index in [0.29, 0.717) is 18.1 Å². The number of hydrogen-bond donors (Lipinski definition) is 2. The predicted molar refractivity (Wildman–Crippen MR) is 70.7 cm³/mol. The molecule has 108 valence electrons.